The lowest BCUT2D eigenvalue weighted by Gasteiger charge is -2.03. The van der Waals surface area contributed by atoms with E-state index in [1.165, 1.54) is 0 Å². The summed E-state index contributed by atoms with van der Waals surface area (Å²) in [6.45, 7) is 2.70. The smallest absolute Gasteiger partial charge is 0.195 e. The number of nitrogens with one attached hydrogen (secondary N) is 1. The molecule has 2 aromatic heterocycles. The Hall–Kier alpha value is -1.49. The second kappa shape index (κ2) is 3.71. The van der Waals surface area contributed by atoms with E-state index in [9.17, 15) is 0 Å². The highest BCUT2D eigenvalue weighted by atomic mass is 32.1. The van der Waals surface area contributed by atoms with Crippen molar-refractivity contribution < 1.29 is 0 Å². The molecule has 0 saturated carbocycles. The van der Waals surface area contributed by atoms with Crippen LogP contribution in [0.1, 0.15) is 11.3 Å². The first-order chi connectivity index (χ1) is 6.77. The van der Waals surface area contributed by atoms with Crippen molar-refractivity contribution in [3.8, 4) is 0 Å². The molecule has 72 valence electrons. The maximum absolute atomic E-state index is 5.04. The third kappa shape index (κ3) is 1.72. The lowest BCUT2D eigenvalue weighted by Crippen LogP contribution is -2.02. The molecule has 5 heteroatoms. The Morgan fingerprint density at radius 3 is 3.07 bits per heavy atom. The van der Waals surface area contributed by atoms with Gasteiger partial charge in [0, 0.05) is 6.20 Å². The standard InChI is InChI=1S/C9H10N4S/c1-7-3-2-4-10-8(7)5-13-6-11-12-9(13)14/h2-4,6H,5H2,1H3,(H,12,14). The minimum atomic E-state index is 0.620. The van der Waals surface area contributed by atoms with Crippen LogP contribution < -0.4 is 0 Å². The van der Waals surface area contributed by atoms with E-state index >= 15 is 0 Å². The molecule has 0 amide bonds. The lowest BCUT2D eigenvalue weighted by atomic mass is 10.2. The Kier molecular flexibility index (Phi) is 2.41. The van der Waals surface area contributed by atoms with Crippen molar-refractivity contribution in [3.05, 3.63) is 40.7 Å². The maximum Gasteiger partial charge on any atom is 0.195 e. The van der Waals surface area contributed by atoms with Crippen LogP contribution in [-0.2, 0) is 6.54 Å². The molecule has 2 heterocycles. The van der Waals surface area contributed by atoms with Gasteiger partial charge >= 0.3 is 0 Å². The van der Waals surface area contributed by atoms with Crippen LogP contribution in [0.25, 0.3) is 0 Å². The van der Waals surface area contributed by atoms with Gasteiger partial charge in [-0.25, -0.2) is 0 Å². The number of aromatic amines is 1. The van der Waals surface area contributed by atoms with Crippen LogP contribution in [0, 0.1) is 11.7 Å². The van der Waals surface area contributed by atoms with Crippen molar-refractivity contribution >= 4 is 12.2 Å². The minimum Gasteiger partial charge on any atom is -0.301 e. The van der Waals surface area contributed by atoms with Gasteiger partial charge in [0.15, 0.2) is 4.77 Å². The lowest BCUT2D eigenvalue weighted by molar-refractivity contribution is 0.753. The monoisotopic (exact) mass is 206 g/mol. The Morgan fingerprint density at radius 2 is 2.43 bits per heavy atom. The molecular formula is C9H10N4S. The first kappa shape index (κ1) is 9.08. The molecule has 0 atom stereocenters. The SMILES string of the molecule is Cc1cccnc1Cn1cn[nH]c1=S. The molecule has 0 spiro atoms. The van der Waals surface area contributed by atoms with Gasteiger partial charge in [0.1, 0.15) is 6.33 Å². The molecule has 2 rings (SSSR count). The fourth-order valence-electron chi connectivity index (χ4n) is 1.23. The zero-order valence-electron chi connectivity index (χ0n) is 7.77. The molecule has 0 bridgehead atoms. The highest BCUT2D eigenvalue weighted by Gasteiger charge is 2.00. The second-order valence-corrected chi connectivity index (χ2v) is 3.44. The van der Waals surface area contributed by atoms with Crippen LogP contribution >= 0.6 is 12.2 Å². The van der Waals surface area contributed by atoms with Gasteiger partial charge in [0.2, 0.25) is 0 Å². The number of rotatable bonds is 2. The molecule has 0 aliphatic carbocycles. The third-order valence-electron chi connectivity index (χ3n) is 2.06. The highest BCUT2D eigenvalue weighted by Crippen LogP contribution is 2.05. The van der Waals surface area contributed by atoms with Gasteiger partial charge in [0.25, 0.3) is 0 Å². The summed E-state index contributed by atoms with van der Waals surface area (Å²) in [6.07, 6.45) is 3.46. The van der Waals surface area contributed by atoms with Crippen molar-refractivity contribution in [1.82, 2.24) is 19.7 Å². The van der Waals surface area contributed by atoms with E-state index in [0.29, 0.717) is 11.3 Å². The van der Waals surface area contributed by atoms with Crippen molar-refractivity contribution in [2.45, 2.75) is 13.5 Å². The van der Waals surface area contributed by atoms with Crippen LogP contribution in [-0.4, -0.2) is 19.7 Å². The van der Waals surface area contributed by atoms with Crippen LogP contribution in [0.15, 0.2) is 24.7 Å². The number of pyridine rings is 1. The van der Waals surface area contributed by atoms with Gasteiger partial charge in [0.05, 0.1) is 12.2 Å². The number of hydrogen-bond acceptors (Lipinski definition) is 3. The molecule has 0 saturated heterocycles. The number of aryl methyl sites for hydroxylation is 1. The summed E-state index contributed by atoms with van der Waals surface area (Å²) in [5.74, 6) is 0. The van der Waals surface area contributed by atoms with E-state index in [-0.39, 0.29) is 0 Å². The minimum absolute atomic E-state index is 0.620. The molecule has 0 radical (unpaired) electrons. The summed E-state index contributed by atoms with van der Waals surface area (Å²) in [7, 11) is 0. The van der Waals surface area contributed by atoms with Gasteiger partial charge in [-0.1, -0.05) is 6.07 Å². The van der Waals surface area contributed by atoms with Gasteiger partial charge in [-0.2, -0.15) is 5.10 Å². The average molecular weight is 206 g/mol. The number of H-pyrrole nitrogens is 1. The predicted octanol–water partition coefficient (Wildman–Crippen LogP) is 1.69. The summed E-state index contributed by atoms with van der Waals surface area (Å²) in [6, 6.07) is 3.96. The van der Waals surface area contributed by atoms with E-state index in [4.69, 9.17) is 12.2 Å². The van der Waals surface area contributed by atoms with Gasteiger partial charge in [-0.05, 0) is 30.8 Å². The average Bonchev–Trinajstić information content (AvgIpc) is 2.56. The van der Waals surface area contributed by atoms with Gasteiger partial charge in [-0.15, -0.1) is 0 Å². The van der Waals surface area contributed by atoms with E-state index in [1.54, 1.807) is 12.5 Å². The molecule has 14 heavy (non-hydrogen) atoms. The molecule has 0 aliphatic rings. The fraction of sp³-hybridized carbons (Fsp3) is 0.222. The summed E-state index contributed by atoms with van der Waals surface area (Å²) < 4.78 is 2.47. The molecule has 2 aromatic rings. The van der Waals surface area contributed by atoms with Crippen molar-refractivity contribution in [2.24, 2.45) is 0 Å². The maximum atomic E-state index is 5.04. The zero-order chi connectivity index (χ0) is 9.97. The number of nitrogens with zero attached hydrogens (tertiary/aromatic N) is 3. The topological polar surface area (TPSA) is 46.5 Å². The Bertz CT molecular complexity index is 485. The number of hydrogen-bond donors (Lipinski definition) is 1. The van der Waals surface area contributed by atoms with Crippen molar-refractivity contribution in [2.75, 3.05) is 0 Å². The Balaban J connectivity index is 2.32. The van der Waals surface area contributed by atoms with Gasteiger partial charge < -0.3 is 4.57 Å². The van der Waals surface area contributed by atoms with E-state index in [2.05, 4.69) is 15.2 Å². The summed E-state index contributed by atoms with van der Waals surface area (Å²) in [5, 5.41) is 6.56. The Labute approximate surface area is 86.6 Å². The van der Waals surface area contributed by atoms with Crippen LogP contribution in [0.4, 0.5) is 0 Å². The molecule has 0 fully saturated rings. The second-order valence-electron chi connectivity index (χ2n) is 3.06. The van der Waals surface area contributed by atoms with Crippen molar-refractivity contribution in [3.63, 3.8) is 0 Å². The summed E-state index contributed by atoms with van der Waals surface area (Å²) >= 11 is 5.04. The van der Waals surface area contributed by atoms with Gasteiger partial charge in [-0.3, -0.25) is 10.1 Å². The number of aromatic nitrogens is 4. The van der Waals surface area contributed by atoms with Crippen LogP contribution in [0.5, 0.6) is 0 Å². The van der Waals surface area contributed by atoms with Crippen molar-refractivity contribution in [1.29, 1.82) is 0 Å². The van der Waals surface area contributed by atoms with E-state index in [0.717, 1.165) is 11.3 Å². The fourth-order valence-corrected chi connectivity index (χ4v) is 1.39. The summed E-state index contributed by atoms with van der Waals surface area (Å²) in [4.78, 5) is 4.29. The van der Waals surface area contributed by atoms with Crippen LogP contribution in [0.3, 0.4) is 0 Å². The summed E-state index contributed by atoms with van der Waals surface area (Å²) in [5.41, 5.74) is 2.18. The molecule has 1 N–H and O–H groups in total. The predicted molar refractivity (Wildman–Crippen MR) is 55.5 cm³/mol. The zero-order valence-corrected chi connectivity index (χ0v) is 8.58. The van der Waals surface area contributed by atoms with E-state index in [1.807, 2.05) is 23.6 Å². The van der Waals surface area contributed by atoms with E-state index < -0.39 is 0 Å². The third-order valence-corrected chi connectivity index (χ3v) is 2.38. The Morgan fingerprint density at radius 1 is 1.57 bits per heavy atom. The first-order valence-corrected chi connectivity index (χ1v) is 4.68. The molecule has 0 aromatic carbocycles. The molecule has 4 nitrogen and oxygen atoms in total. The molecular weight excluding hydrogens is 196 g/mol. The van der Waals surface area contributed by atoms with Crippen LogP contribution in [0.2, 0.25) is 0 Å². The molecule has 0 aliphatic heterocycles. The highest BCUT2D eigenvalue weighted by molar-refractivity contribution is 7.71. The molecule has 0 unspecified atom stereocenters. The normalized spacial score (nSPS) is 10.4. The first-order valence-electron chi connectivity index (χ1n) is 4.27. The largest absolute Gasteiger partial charge is 0.301 e. The quantitative estimate of drug-likeness (QED) is 0.761.